The standard InChI is InChI=1S/C17H20N4O6S3/c1-26-13-6-5-11(9-12(13)15(23)21-7-3-4-8-21)30(24,25)20-16-18-19-17(29-16)28-10-14(22)27-2/h5-6,9H,3-4,7-8,10H2,1-2H3,(H,18,20). The number of hydrogen-bond acceptors (Lipinski definition) is 10. The number of ether oxygens (including phenoxy) is 2. The highest BCUT2D eigenvalue weighted by Crippen LogP contribution is 2.29. The molecule has 1 fully saturated rings. The van der Waals surface area contributed by atoms with Gasteiger partial charge in [-0.25, -0.2) is 8.42 Å². The van der Waals surface area contributed by atoms with Crippen molar-refractivity contribution in [3.63, 3.8) is 0 Å². The molecule has 1 amide bonds. The van der Waals surface area contributed by atoms with Crippen molar-refractivity contribution in [3.8, 4) is 5.75 Å². The summed E-state index contributed by atoms with van der Waals surface area (Å²) in [6, 6.07) is 4.11. The first-order valence-electron chi connectivity index (χ1n) is 8.87. The van der Waals surface area contributed by atoms with E-state index in [1.54, 1.807) is 4.90 Å². The number of methoxy groups -OCH3 is 2. The van der Waals surface area contributed by atoms with Crippen molar-refractivity contribution in [2.45, 2.75) is 22.1 Å². The first-order valence-corrected chi connectivity index (χ1v) is 12.2. The minimum atomic E-state index is -4.01. The molecule has 1 saturated heterocycles. The lowest BCUT2D eigenvalue weighted by atomic mass is 10.1. The maximum absolute atomic E-state index is 12.8. The summed E-state index contributed by atoms with van der Waals surface area (Å²) < 4.78 is 38.2. The number of hydrogen-bond donors (Lipinski definition) is 1. The number of esters is 1. The van der Waals surface area contributed by atoms with Gasteiger partial charge in [-0.3, -0.25) is 14.3 Å². The number of thioether (sulfide) groups is 1. The molecule has 0 atom stereocenters. The third-order valence-corrected chi connectivity index (χ3v) is 7.69. The molecule has 0 spiro atoms. The second kappa shape index (κ2) is 9.62. The van der Waals surface area contributed by atoms with E-state index in [-0.39, 0.29) is 27.3 Å². The van der Waals surface area contributed by atoms with Crippen LogP contribution < -0.4 is 9.46 Å². The Labute approximate surface area is 182 Å². The maximum Gasteiger partial charge on any atom is 0.316 e. The van der Waals surface area contributed by atoms with Gasteiger partial charge in [0.25, 0.3) is 15.9 Å². The first kappa shape index (κ1) is 22.3. The van der Waals surface area contributed by atoms with E-state index >= 15 is 0 Å². The van der Waals surface area contributed by atoms with Gasteiger partial charge in [-0.05, 0) is 31.0 Å². The van der Waals surface area contributed by atoms with Crippen LogP contribution in [-0.4, -0.2) is 68.5 Å². The number of aromatic nitrogens is 2. The molecular weight excluding hydrogens is 452 g/mol. The van der Waals surface area contributed by atoms with Crippen molar-refractivity contribution in [1.82, 2.24) is 15.1 Å². The van der Waals surface area contributed by atoms with Gasteiger partial charge in [0.15, 0.2) is 4.34 Å². The van der Waals surface area contributed by atoms with Crippen molar-refractivity contribution in [2.75, 3.05) is 37.8 Å². The Morgan fingerprint density at radius 3 is 2.63 bits per heavy atom. The summed E-state index contributed by atoms with van der Waals surface area (Å²) in [6.45, 7) is 1.27. The van der Waals surface area contributed by atoms with Crippen LogP contribution in [-0.2, 0) is 19.6 Å². The Balaban J connectivity index is 1.79. The molecule has 2 aromatic rings. The van der Waals surface area contributed by atoms with Crippen molar-refractivity contribution < 1.29 is 27.5 Å². The molecule has 2 heterocycles. The first-order chi connectivity index (χ1) is 14.3. The molecule has 162 valence electrons. The van der Waals surface area contributed by atoms with E-state index < -0.39 is 16.0 Å². The number of rotatable bonds is 8. The second-order valence-electron chi connectivity index (χ2n) is 6.20. The Morgan fingerprint density at radius 1 is 1.23 bits per heavy atom. The largest absolute Gasteiger partial charge is 0.496 e. The van der Waals surface area contributed by atoms with Gasteiger partial charge >= 0.3 is 5.97 Å². The highest BCUT2D eigenvalue weighted by atomic mass is 32.2. The number of nitrogens with zero attached hydrogens (tertiary/aromatic N) is 3. The lowest BCUT2D eigenvalue weighted by molar-refractivity contribution is -0.137. The van der Waals surface area contributed by atoms with E-state index in [0.717, 1.165) is 35.9 Å². The summed E-state index contributed by atoms with van der Waals surface area (Å²) in [7, 11) is -1.30. The number of sulfonamides is 1. The number of benzene rings is 1. The third-order valence-electron chi connectivity index (χ3n) is 4.27. The number of carbonyl (C=O) groups is 2. The van der Waals surface area contributed by atoms with Crippen LogP contribution in [0.1, 0.15) is 23.2 Å². The zero-order valence-electron chi connectivity index (χ0n) is 16.3. The van der Waals surface area contributed by atoms with E-state index in [4.69, 9.17) is 4.74 Å². The SMILES string of the molecule is COC(=O)CSc1nnc(NS(=O)(=O)c2ccc(OC)c(C(=O)N3CCCC3)c2)s1. The number of nitrogens with one attached hydrogen (secondary N) is 1. The zero-order chi connectivity index (χ0) is 21.7. The monoisotopic (exact) mass is 472 g/mol. The Bertz CT molecular complexity index is 1030. The summed E-state index contributed by atoms with van der Waals surface area (Å²) in [4.78, 5) is 25.6. The minimum Gasteiger partial charge on any atom is -0.496 e. The van der Waals surface area contributed by atoms with Gasteiger partial charge in [0, 0.05) is 13.1 Å². The third kappa shape index (κ3) is 5.21. The smallest absolute Gasteiger partial charge is 0.316 e. The van der Waals surface area contributed by atoms with Crippen molar-refractivity contribution in [1.29, 1.82) is 0 Å². The van der Waals surface area contributed by atoms with Gasteiger partial charge in [-0.1, -0.05) is 23.1 Å². The van der Waals surface area contributed by atoms with Crippen LogP contribution in [0.3, 0.4) is 0 Å². The summed E-state index contributed by atoms with van der Waals surface area (Å²) >= 11 is 2.08. The molecule has 0 saturated carbocycles. The number of likely N-dealkylation sites (tertiary alicyclic amines) is 1. The Kier molecular flexibility index (Phi) is 7.15. The number of carbonyl (C=O) groups excluding carboxylic acids is 2. The lowest BCUT2D eigenvalue weighted by Gasteiger charge is -2.18. The molecule has 3 rings (SSSR count). The summed E-state index contributed by atoms with van der Waals surface area (Å²) in [5, 5.41) is 7.68. The van der Waals surface area contributed by atoms with E-state index in [1.807, 2.05) is 0 Å². The van der Waals surface area contributed by atoms with Gasteiger partial charge in [-0.15, -0.1) is 10.2 Å². The van der Waals surface area contributed by atoms with Gasteiger partial charge in [0.1, 0.15) is 5.75 Å². The predicted octanol–water partition coefficient (Wildman–Crippen LogP) is 1.85. The Hall–Kier alpha value is -2.38. The highest BCUT2D eigenvalue weighted by molar-refractivity contribution is 8.01. The van der Waals surface area contributed by atoms with Gasteiger partial charge in [-0.2, -0.15) is 0 Å². The lowest BCUT2D eigenvalue weighted by Crippen LogP contribution is -2.28. The van der Waals surface area contributed by atoms with Gasteiger partial charge in [0.05, 0.1) is 30.4 Å². The van der Waals surface area contributed by atoms with Crippen LogP contribution >= 0.6 is 23.1 Å². The molecule has 0 bridgehead atoms. The zero-order valence-corrected chi connectivity index (χ0v) is 18.7. The molecule has 1 N–H and O–H groups in total. The topological polar surface area (TPSA) is 128 Å². The predicted molar refractivity (Wildman–Crippen MR) is 112 cm³/mol. The molecule has 1 aromatic heterocycles. The molecule has 1 aliphatic rings. The summed E-state index contributed by atoms with van der Waals surface area (Å²) in [5.41, 5.74) is 0.189. The quantitative estimate of drug-likeness (QED) is 0.452. The molecule has 0 aliphatic carbocycles. The van der Waals surface area contributed by atoms with Crippen LogP contribution in [0.5, 0.6) is 5.75 Å². The molecule has 0 radical (unpaired) electrons. The summed E-state index contributed by atoms with van der Waals surface area (Å²) in [6.07, 6.45) is 1.84. The van der Waals surface area contributed by atoms with Crippen molar-refractivity contribution >= 4 is 50.1 Å². The highest BCUT2D eigenvalue weighted by Gasteiger charge is 2.26. The van der Waals surface area contributed by atoms with E-state index in [0.29, 0.717) is 23.2 Å². The van der Waals surface area contributed by atoms with Crippen LogP contribution in [0.2, 0.25) is 0 Å². The second-order valence-corrected chi connectivity index (χ2v) is 10.1. The number of anilines is 1. The molecule has 30 heavy (non-hydrogen) atoms. The molecule has 13 heteroatoms. The number of amides is 1. The van der Waals surface area contributed by atoms with Crippen molar-refractivity contribution in [2.24, 2.45) is 0 Å². The van der Waals surface area contributed by atoms with Crippen LogP contribution in [0.15, 0.2) is 27.4 Å². The normalized spacial score (nSPS) is 13.9. The van der Waals surface area contributed by atoms with Crippen LogP contribution in [0.4, 0.5) is 5.13 Å². The van der Waals surface area contributed by atoms with E-state index in [9.17, 15) is 18.0 Å². The minimum absolute atomic E-state index is 0.0400. The average molecular weight is 473 g/mol. The average Bonchev–Trinajstić information content (AvgIpc) is 3.43. The fraction of sp³-hybridized carbons (Fsp3) is 0.412. The fourth-order valence-corrected chi connectivity index (χ4v) is 5.62. The van der Waals surface area contributed by atoms with Crippen LogP contribution in [0.25, 0.3) is 0 Å². The molecule has 10 nitrogen and oxygen atoms in total. The Morgan fingerprint density at radius 2 is 1.97 bits per heavy atom. The van der Waals surface area contributed by atoms with Gasteiger partial charge < -0.3 is 14.4 Å². The maximum atomic E-state index is 12.8. The summed E-state index contributed by atoms with van der Waals surface area (Å²) in [5.74, 6) is -0.342. The molecular formula is C17H20N4O6S3. The van der Waals surface area contributed by atoms with Crippen LogP contribution in [0, 0.1) is 0 Å². The fourth-order valence-electron chi connectivity index (χ4n) is 2.77. The van der Waals surface area contributed by atoms with Crippen molar-refractivity contribution in [3.05, 3.63) is 23.8 Å². The molecule has 1 aromatic carbocycles. The molecule has 0 unspecified atom stereocenters. The molecule has 1 aliphatic heterocycles. The van der Waals surface area contributed by atoms with Gasteiger partial charge in [0.2, 0.25) is 5.13 Å². The van der Waals surface area contributed by atoms with E-state index in [1.165, 1.54) is 32.4 Å². The van der Waals surface area contributed by atoms with E-state index in [2.05, 4.69) is 19.7 Å².